The van der Waals surface area contributed by atoms with Gasteiger partial charge in [0.05, 0.1) is 24.8 Å². The molecule has 1 aliphatic heterocycles. The van der Waals surface area contributed by atoms with Gasteiger partial charge >= 0.3 is 0 Å². The number of aromatic amines is 1. The molecule has 198 valence electrons. The first-order valence-electron chi connectivity index (χ1n) is 13.9. The molecule has 3 heterocycles. The molecule has 1 unspecified atom stereocenters. The third-order valence-electron chi connectivity index (χ3n) is 7.92. The lowest BCUT2D eigenvalue weighted by Gasteiger charge is -2.32. The molecule has 0 bridgehead atoms. The van der Waals surface area contributed by atoms with E-state index in [-0.39, 0.29) is 0 Å². The summed E-state index contributed by atoms with van der Waals surface area (Å²) in [5.41, 5.74) is 7.67. The van der Waals surface area contributed by atoms with Crippen LogP contribution in [0.2, 0.25) is 0 Å². The first-order valence-corrected chi connectivity index (χ1v) is 13.9. The summed E-state index contributed by atoms with van der Waals surface area (Å²) in [5.74, 6) is 2.46. The number of pyridine rings is 1. The van der Waals surface area contributed by atoms with Crippen LogP contribution in [0.15, 0.2) is 85.3 Å². The second kappa shape index (κ2) is 11.0. The zero-order chi connectivity index (χ0) is 26.8. The first-order chi connectivity index (χ1) is 19.1. The van der Waals surface area contributed by atoms with Gasteiger partial charge in [-0.25, -0.2) is 4.98 Å². The molecule has 5 aromatic rings. The van der Waals surface area contributed by atoms with Crippen molar-refractivity contribution in [3.63, 3.8) is 0 Å². The molecule has 0 aliphatic carbocycles. The minimum atomic E-state index is 0.371. The van der Waals surface area contributed by atoms with Crippen LogP contribution in [0.4, 0.5) is 0 Å². The van der Waals surface area contributed by atoms with Gasteiger partial charge in [-0.1, -0.05) is 60.7 Å². The molecule has 3 atom stereocenters. The molecule has 39 heavy (non-hydrogen) atoms. The number of nitrogens with zero attached hydrogens (tertiary/aromatic N) is 2. The zero-order valence-corrected chi connectivity index (χ0v) is 22.9. The highest BCUT2D eigenvalue weighted by molar-refractivity contribution is 6.00. The molecular formula is C34H35N3O2. The Bertz CT molecular complexity index is 1530. The highest BCUT2D eigenvalue weighted by atomic mass is 16.5. The van der Waals surface area contributed by atoms with Gasteiger partial charge in [-0.15, -0.1) is 0 Å². The number of benzene rings is 3. The van der Waals surface area contributed by atoms with Gasteiger partial charge in [0, 0.05) is 40.7 Å². The SMILES string of the molecule is COc1c(-c2ccc(CCC3C[C@@H](C)O[C@@H](C)C3)cc2)cnc2c(-c3ccc(-c4ncc[nH]4)cc3)cccc12. The van der Waals surface area contributed by atoms with Crippen LogP contribution in [0.1, 0.15) is 38.7 Å². The van der Waals surface area contributed by atoms with Crippen LogP contribution in [0.25, 0.3) is 44.5 Å². The van der Waals surface area contributed by atoms with E-state index in [4.69, 9.17) is 14.5 Å². The number of imidazole rings is 1. The average Bonchev–Trinajstić information content (AvgIpc) is 3.50. The number of methoxy groups -OCH3 is 1. The molecule has 1 N–H and O–H groups in total. The fourth-order valence-electron chi connectivity index (χ4n) is 6.09. The highest BCUT2D eigenvalue weighted by Gasteiger charge is 2.24. The van der Waals surface area contributed by atoms with Gasteiger partial charge in [0.1, 0.15) is 11.6 Å². The number of aromatic nitrogens is 3. The highest BCUT2D eigenvalue weighted by Crippen LogP contribution is 2.39. The van der Waals surface area contributed by atoms with E-state index in [1.54, 1.807) is 13.3 Å². The molecule has 5 nitrogen and oxygen atoms in total. The standard InChI is InChI=1S/C34H35N3O2/c1-22-19-25(20-23(2)39-22)8-7-24-9-11-27(12-10-24)31-21-37-32-29(5-4-6-30(32)33(31)38-3)26-13-15-28(16-14-26)34-35-17-18-36-34/h4-6,9-18,21-23,25H,7-8,19-20H2,1-3H3,(H,35,36)/t22-,23+,25?. The van der Waals surface area contributed by atoms with Crippen LogP contribution in [0.3, 0.4) is 0 Å². The quantitative estimate of drug-likeness (QED) is 0.237. The maximum absolute atomic E-state index is 5.98. The van der Waals surface area contributed by atoms with Crippen LogP contribution < -0.4 is 4.74 Å². The Morgan fingerprint density at radius 2 is 1.54 bits per heavy atom. The largest absolute Gasteiger partial charge is 0.495 e. The molecular weight excluding hydrogens is 482 g/mol. The number of hydrogen-bond acceptors (Lipinski definition) is 4. The van der Waals surface area contributed by atoms with E-state index in [1.165, 1.54) is 24.8 Å². The normalized spacial score (nSPS) is 19.3. The van der Waals surface area contributed by atoms with E-state index in [0.29, 0.717) is 12.2 Å². The molecule has 3 aromatic carbocycles. The van der Waals surface area contributed by atoms with E-state index >= 15 is 0 Å². The van der Waals surface area contributed by atoms with Crippen LogP contribution in [0.5, 0.6) is 5.75 Å². The lowest BCUT2D eigenvalue weighted by Crippen LogP contribution is -2.29. The monoisotopic (exact) mass is 517 g/mol. The summed E-state index contributed by atoms with van der Waals surface area (Å²) < 4.78 is 11.9. The van der Waals surface area contributed by atoms with E-state index in [0.717, 1.165) is 62.6 Å². The molecule has 6 rings (SSSR count). The van der Waals surface area contributed by atoms with E-state index in [1.807, 2.05) is 12.4 Å². The van der Waals surface area contributed by atoms with Gasteiger partial charge in [-0.3, -0.25) is 4.98 Å². The molecule has 0 radical (unpaired) electrons. The molecule has 1 saturated heterocycles. The van der Waals surface area contributed by atoms with Crippen molar-refractivity contribution in [2.45, 2.75) is 51.7 Å². The number of aryl methyl sites for hydroxylation is 1. The van der Waals surface area contributed by atoms with Crippen molar-refractivity contribution in [3.05, 3.63) is 90.9 Å². The number of nitrogens with one attached hydrogen (secondary N) is 1. The van der Waals surface area contributed by atoms with Gasteiger partial charge in [0.25, 0.3) is 0 Å². The minimum Gasteiger partial charge on any atom is -0.495 e. The Labute approximate surface area is 230 Å². The number of rotatable bonds is 7. The summed E-state index contributed by atoms with van der Waals surface area (Å²) in [6.45, 7) is 4.40. The number of ether oxygens (including phenoxy) is 2. The minimum absolute atomic E-state index is 0.371. The Morgan fingerprint density at radius 1 is 0.846 bits per heavy atom. The number of hydrogen-bond donors (Lipinski definition) is 1. The fraction of sp³-hybridized carbons (Fsp3) is 0.294. The maximum atomic E-state index is 5.98. The lowest BCUT2D eigenvalue weighted by molar-refractivity contribution is -0.0533. The van der Waals surface area contributed by atoms with Gasteiger partial charge in [0.2, 0.25) is 0 Å². The van der Waals surface area contributed by atoms with E-state index < -0.39 is 0 Å². The molecule has 1 aliphatic rings. The van der Waals surface area contributed by atoms with E-state index in [2.05, 4.69) is 90.5 Å². The third-order valence-corrected chi connectivity index (χ3v) is 7.92. The molecule has 1 fully saturated rings. The fourth-order valence-corrected chi connectivity index (χ4v) is 6.09. The Morgan fingerprint density at radius 3 is 2.23 bits per heavy atom. The summed E-state index contributed by atoms with van der Waals surface area (Å²) in [6, 6.07) is 23.6. The van der Waals surface area contributed by atoms with Crippen molar-refractivity contribution in [3.8, 4) is 39.4 Å². The smallest absolute Gasteiger partial charge is 0.137 e. The number of H-pyrrole nitrogens is 1. The van der Waals surface area contributed by atoms with Crippen LogP contribution >= 0.6 is 0 Å². The predicted octanol–water partition coefficient (Wildman–Crippen LogP) is 8.10. The summed E-state index contributed by atoms with van der Waals surface area (Å²) in [7, 11) is 1.74. The van der Waals surface area contributed by atoms with Gasteiger partial charge in [-0.2, -0.15) is 0 Å². The first kappa shape index (κ1) is 25.3. The predicted molar refractivity (Wildman–Crippen MR) is 158 cm³/mol. The van der Waals surface area contributed by atoms with Crippen molar-refractivity contribution in [2.75, 3.05) is 7.11 Å². The van der Waals surface area contributed by atoms with Gasteiger partial charge in [-0.05, 0) is 68.2 Å². The Hall–Kier alpha value is -3.96. The molecule has 0 amide bonds. The van der Waals surface area contributed by atoms with Gasteiger partial charge in [0.15, 0.2) is 0 Å². The molecule has 2 aromatic heterocycles. The summed E-state index contributed by atoms with van der Waals surface area (Å²) in [6.07, 6.45) is 10.9. The lowest BCUT2D eigenvalue weighted by atomic mass is 9.87. The number of fused-ring (bicyclic) bond motifs is 1. The topological polar surface area (TPSA) is 60.0 Å². The van der Waals surface area contributed by atoms with E-state index in [9.17, 15) is 0 Å². The molecule has 0 spiro atoms. The Kier molecular flexibility index (Phi) is 7.16. The summed E-state index contributed by atoms with van der Waals surface area (Å²) in [5, 5.41) is 1.01. The zero-order valence-electron chi connectivity index (χ0n) is 22.9. The molecule has 0 saturated carbocycles. The second-order valence-corrected chi connectivity index (χ2v) is 10.8. The van der Waals surface area contributed by atoms with Crippen molar-refractivity contribution < 1.29 is 9.47 Å². The summed E-state index contributed by atoms with van der Waals surface area (Å²) in [4.78, 5) is 12.5. The van der Waals surface area contributed by atoms with Crippen molar-refractivity contribution in [1.82, 2.24) is 15.0 Å². The molecule has 5 heteroatoms. The van der Waals surface area contributed by atoms with Crippen molar-refractivity contribution in [1.29, 1.82) is 0 Å². The second-order valence-electron chi connectivity index (χ2n) is 10.8. The third kappa shape index (κ3) is 5.32. The van der Waals surface area contributed by atoms with Crippen LogP contribution in [-0.2, 0) is 11.2 Å². The summed E-state index contributed by atoms with van der Waals surface area (Å²) >= 11 is 0. The number of para-hydroxylation sites is 1. The van der Waals surface area contributed by atoms with Crippen LogP contribution in [-0.4, -0.2) is 34.3 Å². The van der Waals surface area contributed by atoms with Gasteiger partial charge < -0.3 is 14.5 Å². The maximum Gasteiger partial charge on any atom is 0.137 e. The Balaban J connectivity index is 1.25. The van der Waals surface area contributed by atoms with Crippen LogP contribution in [0, 0.1) is 5.92 Å². The van der Waals surface area contributed by atoms with Crippen molar-refractivity contribution >= 4 is 10.9 Å². The average molecular weight is 518 g/mol. The van der Waals surface area contributed by atoms with Crippen molar-refractivity contribution in [2.24, 2.45) is 5.92 Å².